The third-order valence-electron chi connectivity index (χ3n) is 2.71. The van der Waals surface area contributed by atoms with Gasteiger partial charge in [-0.1, -0.05) is 81.8 Å². The molecule has 1 aliphatic rings. The van der Waals surface area contributed by atoms with Gasteiger partial charge in [-0.15, -0.1) is 0 Å². The minimum atomic E-state index is -1.86. The highest BCUT2D eigenvalue weighted by Gasteiger charge is 2.36. The molecule has 11 heteroatoms. The zero-order valence-corrected chi connectivity index (χ0v) is 17.1. The van der Waals surface area contributed by atoms with Crippen LogP contribution in [0.4, 0.5) is 0 Å². The topological polar surface area (TPSA) is 49.9 Å². The van der Waals surface area contributed by atoms with E-state index < -0.39 is 7.59 Å². The number of aliphatic imine (C=N–C) groups is 2. The van der Waals surface area contributed by atoms with Crippen molar-refractivity contribution in [2.75, 3.05) is 0 Å². The first-order valence-electron chi connectivity index (χ1n) is 6.40. The van der Waals surface area contributed by atoms with Gasteiger partial charge >= 0.3 is 0 Å². The normalized spacial score (nSPS) is 17.3. The number of rotatable bonds is 4. The smallest absolute Gasteiger partial charge is 0.250 e. The van der Waals surface area contributed by atoms with Crippen LogP contribution in [-0.2, 0) is 12.8 Å². The third kappa shape index (κ3) is 5.77. The number of allylic oxidation sites excluding steroid dienone is 1. The molecule has 0 spiro atoms. The molecule has 2 heterocycles. The summed E-state index contributed by atoms with van der Waals surface area (Å²) in [4.78, 5) is 8.06. The molecule has 1 N–H and O–H groups in total. The molecule has 0 unspecified atom stereocenters. The van der Waals surface area contributed by atoms with E-state index in [9.17, 15) is 0 Å². The van der Waals surface area contributed by atoms with Crippen LogP contribution in [0.15, 0.2) is 38.4 Å². The van der Waals surface area contributed by atoms with Crippen molar-refractivity contribution in [1.82, 2.24) is 5.32 Å². The van der Waals surface area contributed by atoms with Crippen LogP contribution in [0.1, 0.15) is 11.5 Å². The summed E-state index contributed by atoms with van der Waals surface area (Å²) in [5.74, 6) is 1.67. The van der Waals surface area contributed by atoms with E-state index in [2.05, 4.69) is 15.3 Å². The highest BCUT2D eigenvalue weighted by Crippen LogP contribution is 2.34. The fraction of sp³-hybridized carbons (Fsp3) is 0.308. The average Bonchev–Trinajstić information content (AvgIpc) is 2.91. The molecule has 0 saturated carbocycles. The standard InChI is InChI=1S/C13H9Cl6N3OS/c14-12(15,16)10-20-9(21-11(22-10)13(17,18)19)4-3-7-1-2-8(23-7)5-6-24/h1-2,4,6H,3,5H2,(H,20,21,22). The lowest BCUT2D eigenvalue weighted by Gasteiger charge is -2.23. The van der Waals surface area contributed by atoms with E-state index in [0.717, 1.165) is 5.76 Å². The van der Waals surface area contributed by atoms with E-state index in [1.165, 1.54) is 0 Å². The van der Waals surface area contributed by atoms with Gasteiger partial charge in [0.2, 0.25) is 7.59 Å². The third-order valence-corrected chi connectivity index (χ3v) is 3.92. The van der Waals surface area contributed by atoms with Crippen molar-refractivity contribution >= 4 is 98.9 Å². The van der Waals surface area contributed by atoms with Crippen molar-refractivity contribution in [2.24, 2.45) is 9.98 Å². The molecular formula is C13H9Cl6N3OS. The van der Waals surface area contributed by atoms with Gasteiger partial charge in [-0.2, -0.15) is 0 Å². The van der Waals surface area contributed by atoms with Gasteiger partial charge in [0.25, 0.3) is 0 Å². The maximum Gasteiger partial charge on any atom is 0.250 e. The van der Waals surface area contributed by atoms with Gasteiger partial charge < -0.3 is 9.73 Å². The first-order chi connectivity index (χ1) is 11.1. The van der Waals surface area contributed by atoms with Crippen LogP contribution in [0.2, 0.25) is 0 Å². The Morgan fingerprint density at radius 2 is 1.62 bits per heavy atom. The molecule has 0 aromatic carbocycles. The SMILES string of the molecule is S=CCc1ccc(CC=C2N=C(C(Cl)(Cl)Cl)N=C(C(Cl)(Cl)Cl)N2)o1. The molecule has 2 rings (SSSR count). The summed E-state index contributed by atoms with van der Waals surface area (Å²) in [6.07, 6.45) is 2.69. The number of amidine groups is 2. The van der Waals surface area contributed by atoms with Crippen LogP contribution in [-0.4, -0.2) is 24.6 Å². The molecule has 0 saturated heterocycles. The molecule has 0 fully saturated rings. The monoisotopic (exact) mass is 465 g/mol. The lowest BCUT2D eigenvalue weighted by molar-refractivity contribution is 0.489. The molecule has 0 aliphatic carbocycles. The van der Waals surface area contributed by atoms with Gasteiger partial charge in [-0.3, -0.25) is 0 Å². The zero-order valence-electron chi connectivity index (χ0n) is 11.7. The van der Waals surface area contributed by atoms with E-state index in [0.29, 0.717) is 24.4 Å². The first-order valence-corrected chi connectivity index (χ1v) is 9.13. The van der Waals surface area contributed by atoms with Crippen molar-refractivity contribution in [3.05, 3.63) is 35.6 Å². The Labute approximate surface area is 173 Å². The molecule has 130 valence electrons. The second kappa shape index (κ2) is 8.12. The Morgan fingerprint density at radius 1 is 1.00 bits per heavy atom. The van der Waals surface area contributed by atoms with E-state index >= 15 is 0 Å². The van der Waals surface area contributed by atoms with Crippen LogP contribution < -0.4 is 5.32 Å². The number of alkyl halides is 6. The first kappa shape index (κ1) is 20.3. The van der Waals surface area contributed by atoms with Crippen molar-refractivity contribution in [3.63, 3.8) is 0 Å². The van der Waals surface area contributed by atoms with Crippen LogP contribution in [0.3, 0.4) is 0 Å². The average molecular weight is 468 g/mol. The quantitative estimate of drug-likeness (QED) is 0.480. The van der Waals surface area contributed by atoms with Crippen LogP contribution in [0.25, 0.3) is 0 Å². The molecule has 0 radical (unpaired) electrons. The summed E-state index contributed by atoms with van der Waals surface area (Å²) in [7, 11) is 0. The predicted octanol–water partition coefficient (Wildman–Crippen LogP) is 5.35. The summed E-state index contributed by atoms with van der Waals surface area (Å²) >= 11 is 39.8. The van der Waals surface area contributed by atoms with E-state index in [4.69, 9.17) is 86.2 Å². The van der Waals surface area contributed by atoms with Crippen molar-refractivity contribution < 1.29 is 4.42 Å². The van der Waals surface area contributed by atoms with Gasteiger partial charge in [-0.05, 0) is 23.6 Å². The van der Waals surface area contributed by atoms with Gasteiger partial charge in [0, 0.05) is 12.8 Å². The summed E-state index contributed by atoms with van der Waals surface area (Å²) in [6, 6.07) is 3.67. The number of thiocarbonyl (C=S) groups is 1. The molecular weight excluding hydrogens is 459 g/mol. The summed E-state index contributed by atoms with van der Waals surface area (Å²) in [6.45, 7) is 0. The minimum absolute atomic E-state index is 0.0177. The maximum absolute atomic E-state index is 5.84. The molecule has 1 aliphatic heterocycles. The number of hydrogen-bond acceptors (Lipinski definition) is 5. The largest absolute Gasteiger partial charge is 0.465 e. The maximum atomic E-state index is 5.84. The number of hydrogen-bond donors (Lipinski definition) is 1. The predicted molar refractivity (Wildman–Crippen MR) is 106 cm³/mol. The van der Waals surface area contributed by atoms with Crippen molar-refractivity contribution in [3.8, 4) is 0 Å². The molecule has 0 amide bonds. The van der Waals surface area contributed by atoms with Gasteiger partial charge in [0.05, 0.1) is 0 Å². The highest BCUT2D eigenvalue weighted by atomic mass is 35.6. The summed E-state index contributed by atoms with van der Waals surface area (Å²) in [5.41, 5.74) is 0. The second-order valence-electron chi connectivity index (χ2n) is 4.55. The molecule has 0 bridgehead atoms. The fourth-order valence-electron chi connectivity index (χ4n) is 1.70. The number of furan rings is 1. The Morgan fingerprint density at radius 3 is 2.17 bits per heavy atom. The van der Waals surface area contributed by atoms with Crippen LogP contribution in [0.5, 0.6) is 0 Å². The van der Waals surface area contributed by atoms with Gasteiger partial charge in [0.15, 0.2) is 11.7 Å². The lowest BCUT2D eigenvalue weighted by atomic mass is 10.3. The van der Waals surface area contributed by atoms with Crippen LogP contribution >= 0.6 is 81.8 Å². The second-order valence-corrected chi connectivity index (χ2v) is 9.44. The Bertz CT molecular complexity index is 714. The molecule has 1 aromatic heterocycles. The molecule has 0 atom stereocenters. The van der Waals surface area contributed by atoms with E-state index in [1.54, 1.807) is 11.4 Å². The Balaban J connectivity index is 2.23. The molecule has 24 heavy (non-hydrogen) atoms. The van der Waals surface area contributed by atoms with E-state index in [1.807, 2.05) is 12.1 Å². The Hall–Kier alpha value is -0.0100. The lowest BCUT2D eigenvalue weighted by Crippen LogP contribution is -2.39. The number of halogens is 6. The summed E-state index contributed by atoms with van der Waals surface area (Å²) < 4.78 is 1.91. The number of nitrogens with one attached hydrogen (secondary N) is 1. The van der Waals surface area contributed by atoms with E-state index in [-0.39, 0.29) is 11.7 Å². The number of nitrogens with zero attached hydrogens (tertiary/aromatic N) is 2. The zero-order chi connectivity index (χ0) is 18.0. The molecule has 4 nitrogen and oxygen atoms in total. The minimum Gasteiger partial charge on any atom is -0.465 e. The van der Waals surface area contributed by atoms with Crippen LogP contribution in [0, 0.1) is 0 Å². The van der Waals surface area contributed by atoms with Gasteiger partial charge in [-0.25, -0.2) is 9.98 Å². The Kier molecular flexibility index (Phi) is 6.87. The fourth-order valence-corrected chi connectivity index (χ4v) is 2.39. The van der Waals surface area contributed by atoms with Crippen molar-refractivity contribution in [1.29, 1.82) is 0 Å². The highest BCUT2D eigenvalue weighted by molar-refractivity contribution is 7.78. The summed E-state index contributed by atoms with van der Waals surface area (Å²) in [5, 5.41) is 4.37. The van der Waals surface area contributed by atoms with Gasteiger partial charge in [0.1, 0.15) is 17.3 Å². The van der Waals surface area contributed by atoms with Crippen molar-refractivity contribution in [2.45, 2.75) is 20.4 Å². The molecule has 1 aromatic rings.